The van der Waals surface area contributed by atoms with Crippen LogP contribution in [0.5, 0.6) is 0 Å². The highest BCUT2D eigenvalue weighted by Crippen LogP contribution is 2.55. The van der Waals surface area contributed by atoms with Gasteiger partial charge in [-0.1, -0.05) is 0 Å². The van der Waals surface area contributed by atoms with Gasteiger partial charge in [-0.25, -0.2) is 4.74 Å². The van der Waals surface area contributed by atoms with E-state index in [1.54, 1.807) is 0 Å². The zero-order chi connectivity index (χ0) is 22.5. The summed E-state index contributed by atoms with van der Waals surface area (Å²) in [6.07, 6.45) is -36.2. The molecule has 0 heterocycles. The second-order valence-corrected chi connectivity index (χ2v) is 4.48. The Balaban J connectivity index is 6.33. The predicted octanol–water partition coefficient (Wildman–Crippen LogP) is 4.81. The zero-order valence-corrected chi connectivity index (χ0v) is 11.9. The van der Waals surface area contributed by atoms with Gasteiger partial charge < -0.3 is 0 Å². The van der Waals surface area contributed by atoms with Crippen molar-refractivity contribution in [3.63, 3.8) is 0 Å². The molecule has 0 aliphatic rings. The molecule has 18 heteroatoms. The van der Waals surface area contributed by atoms with E-state index in [-0.39, 0.29) is 6.92 Å². The van der Waals surface area contributed by atoms with Crippen molar-refractivity contribution < 1.29 is 80.1 Å². The summed E-state index contributed by atoms with van der Waals surface area (Å²) in [7, 11) is 0. The summed E-state index contributed by atoms with van der Waals surface area (Å²) in [5, 5.41) is 0. The minimum atomic E-state index is -7.70. The Morgan fingerprint density at radius 1 is 0.593 bits per heavy atom. The van der Waals surface area contributed by atoms with Crippen LogP contribution in [-0.2, 0) is 14.3 Å². The van der Waals surface area contributed by atoms with E-state index >= 15 is 0 Å². The number of carbonyl (C=O) groups is 1. The molecule has 3 nitrogen and oxygen atoms in total. The fraction of sp³-hybridized carbons (Fsp3) is 0.889. The molecule has 27 heavy (non-hydrogen) atoms. The van der Waals surface area contributed by atoms with Gasteiger partial charge in [0, 0.05) is 6.92 Å². The van der Waals surface area contributed by atoms with Crippen LogP contribution < -0.4 is 0 Å². The molecule has 0 rings (SSSR count). The van der Waals surface area contributed by atoms with Gasteiger partial charge in [0.2, 0.25) is 5.78 Å². The second kappa shape index (κ2) is 6.56. The summed E-state index contributed by atoms with van der Waals surface area (Å²) in [6.45, 7) is -0.323. The summed E-state index contributed by atoms with van der Waals surface area (Å²) in [5.41, 5.74) is 0. The van der Waals surface area contributed by atoms with Crippen LogP contribution >= 0.6 is 0 Å². The monoisotopic (exact) mass is 444 g/mol. The van der Waals surface area contributed by atoms with Crippen molar-refractivity contribution in [3.8, 4) is 0 Å². The summed E-state index contributed by atoms with van der Waals surface area (Å²) >= 11 is 0. The molecule has 0 aromatic rings. The Kier molecular flexibility index (Phi) is 6.20. The Morgan fingerprint density at radius 3 is 1.22 bits per heavy atom. The van der Waals surface area contributed by atoms with Gasteiger partial charge in [0.15, 0.2) is 0 Å². The predicted molar refractivity (Wildman–Crippen MR) is 48.6 cm³/mol. The average molecular weight is 444 g/mol. The highest BCUT2D eigenvalue weighted by atomic mass is 19.4. The van der Waals surface area contributed by atoms with Gasteiger partial charge in [-0.05, 0) is 0 Å². The van der Waals surface area contributed by atoms with Crippen LogP contribution in [0.15, 0.2) is 0 Å². The van der Waals surface area contributed by atoms with Crippen LogP contribution in [0.4, 0.5) is 65.9 Å². The van der Waals surface area contributed by atoms with Gasteiger partial charge >= 0.3 is 42.5 Å². The first kappa shape index (κ1) is 25.5. The first-order chi connectivity index (χ1) is 11.4. The molecule has 0 bridgehead atoms. The largest absolute Gasteiger partial charge is 0.462 e. The van der Waals surface area contributed by atoms with Crippen molar-refractivity contribution in [2.24, 2.45) is 0 Å². The topological polar surface area (TPSA) is 35.5 Å². The van der Waals surface area contributed by atoms with Gasteiger partial charge in [0.25, 0.3) is 0 Å². The number of hydrogen-bond acceptors (Lipinski definition) is 3. The Morgan fingerprint density at radius 2 is 0.963 bits per heavy atom. The molecule has 0 aromatic heterocycles. The van der Waals surface area contributed by atoms with Crippen molar-refractivity contribution >= 4 is 5.78 Å². The number of carbonyl (C=O) groups excluding carboxylic acids is 1. The summed E-state index contributed by atoms with van der Waals surface area (Å²) in [4.78, 5) is 10.2. The maximum atomic E-state index is 13.4. The summed E-state index contributed by atoms with van der Waals surface area (Å²) in [5.74, 6) is -18.2. The van der Waals surface area contributed by atoms with Crippen LogP contribution in [0.3, 0.4) is 0 Å². The smallest absolute Gasteiger partial charge is 0.290 e. The number of ketones is 1. The molecule has 0 saturated carbocycles. The lowest BCUT2D eigenvalue weighted by atomic mass is 10.2. The lowest BCUT2D eigenvalue weighted by molar-refractivity contribution is -0.546. The van der Waals surface area contributed by atoms with Crippen LogP contribution in [0.25, 0.3) is 0 Å². The first-order valence-corrected chi connectivity index (χ1v) is 5.61. The van der Waals surface area contributed by atoms with Crippen molar-refractivity contribution in [1.29, 1.82) is 0 Å². The standard InChI is InChI=1S/C9H3F15O3/c1-2(25)3(10,11)26-9(23,24)5(14,7(18,19)20)27-8(21,22)4(12,13)6(15,16)17/h1H3. The fourth-order valence-electron chi connectivity index (χ4n) is 0.986. The SMILES string of the molecule is CC(=O)C(F)(F)OC(F)(F)C(F)(OC(F)(F)C(F)(F)C(F)(F)F)C(F)(F)F. The molecule has 0 fully saturated rings. The normalized spacial score (nSPS) is 17.6. The van der Waals surface area contributed by atoms with E-state index in [4.69, 9.17) is 0 Å². The van der Waals surface area contributed by atoms with E-state index in [1.807, 2.05) is 4.74 Å². The van der Waals surface area contributed by atoms with Crippen molar-refractivity contribution in [2.75, 3.05) is 0 Å². The maximum Gasteiger partial charge on any atom is 0.462 e. The van der Waals surface area contributed by atoms with Gasteiger partial charge in [0.1, 0.15) is 0 Å². The van der Waals surface area contributed by atoms with Crippen LogP contribution in [0, 0.1) is 0 Å². The lowest BCUT2D eigenvalue weighted by Crippen LogP contribution is -2.66. The third-order valence-electron chi connectivity index (χ3n) is 2.40. The van der Waals surface area contributed by atoms with Gasteiger partial charge in [-0.2, -0.15) is 65.9 Å². The van der Waals surface area contributed by atoms with E-state index in [0.29, 0.717) is 0 Å². The van der Waals surface area contributed by atoms with Crippen LogP contribution in [-0.4, -0.2) is 48.2 Å². The molecule has 0 N–H and O–H groups in total. The number of halogens is 15. The molecular formula is C9H3F15O3. The Hall–Kier alpha value is -1.46. The third-order valence-corrected chi connectivity index (χ3v) is 2.40. The number of ether oxygens (including phenoxy) is 2. The van der Waals surface area contributed by atoms with Gasteiger partial charge in [-0.15, -0.1) is 0 Å². The molecular weight excluding hydrogens is 441 g/mol. The molecule has 162 valence electrons. The van der Waals surface area contributed by atoms with E-state index < -0.39 is 48.2 Å². The minimum Gasteiger partial charge on any atom is -0.290 e. The quantitative estimate of drug-likeness (QED) is 0.529. The summed E-state index contributed by atoms with van der Waals surface area (Å²) < 4.78 is 191. The molecule has 0 saturated heterocycles. The maximum absolute atomic E-state index is 13.4. The number of rotatable bonds is 7. The Labute approximate surface area is 137 Å². The molecule has 0 aliphatic carbocycles. The molecule has 1 unspecified atom stereocenters. The third kappa shape index (κ3) is 4.52. The van der Waals surface area contributed by atoms with E-state index in [9.17, 15) is 70.7 Å². The lowest BCUT2D eigenvalue weighted by Gasteiger charge is -2.38. The fourth-order valence-corrected chi connectivity index (χ4v) is 0.986. The van der Waals surface area contributed by atoms with E-state index in [0.717, 1.165) is 0 Å². The number of hydrogen-bond donors (Lipinski definition) is 0. The number of alkyl halides is 15. The molecule has 0 aromatic carbocycles. The second-order valence-electron chi connectivity index (χ2n) is 4.48. The van der Waals surface area contributed by atoms with Crippen molar-refractivity contribution in [2.45, 2.75) is 49.4 Å². The van der Waals surface area contributed by atoms with Crippen LogP contribution in [0.2, 0.25) is 0 Å². The average Bonchev–Trinajstić information content (AvgIpc) is 2.33. The molecule has 0 amide bonds. The molecule has 1 atom stereocenters. The van der Waals surface area contributed by atoms with Gasteiger partial charge in [0.05, 0.1) is 0 Å². The zero-order valence-electron chi connectivity index (χ0n) is 11.9. The first-order valence-electron chi connectivity index (χ1n) is 5.61. The van der Waals surface area contributed by atoms with Crippen LogP contribution in [0.1, 0.15) is 6.92 Å². The molecule has 0 spiro atoms. The molecule has 0 aliphatic heterocycles. The van der Waals surface area contributed by atoms with Crippen molar-refractivity contribution in [1.82, 2.24) is 0 Å². The minimum absolute atomic E-state index is 0.323. The van der Waals surface area contributed by atoms with Crippen molar-refractivity contribution in [3.05, 3.63) is 0 Å². The number of Topliss-reactive ketones (excluding diaryl/α,β-unsaturated/α-hetero) is 1. The Bertz CT molecular complexity index is 562. The highest BCUT2D eigenvalue weighted by Gasteiger charge is 2.84. The molecule has 0 radical (unpaired) electrons. The van der Waals surface area contributed by atoms with E-state index in [2.05, 4.69) is 0 Å². The van der Waals surface area contributed by atoms with Gasteiger partial charge in [-0.3, -0.25) is 9.53 Å². The van der Waals surface area contributed by atoms with E-state index in [1.165, 1.54) is 4.74 Å². The summed E-state index contributed by atoms with van der Waals surface area (Å²) in [6, 6.07) is 0. The highest BCUT2D eigenvalue weighted by molar-refractivity contribution is 5.81.